The highest BCUT2D eigenvalue weighted by Crippen LogP contribution is 2.17. The molecule has 20 heavy (non-hydrogen) atoms. The molecule has 4 heteroatoms. The third-order valence-corrected chi connectivity index (χ3v) is 2.78. The van der Waals surface area contributed by atoms with Crippen LogP contribution in [0.4, 0.5) is 10.5 Å². The number of amides is 2. The molecule has 1 aromatic carbocycles. The summed E-state index contributed by atoms with van der Waals surface area (Å²) >= 11 is 0. The standard InChI is InChI=1S/C16H26N2O2/c1-12(2)10-18(11-13(3)4)16(19)17-14-7-6-8-15(9-14)20-5/h6-9,12-13H,10-11H2,1-5H3,(H,17,19). The Morgan fingerprint density at radius 3 is 2.30 bits per heavy atom. The van der Waals surface area contributed by atoms with Crippen LogP contribution in [-0.2, 0) is 0 Å². The van der Waals surface area contributed by atoms with E-state index in [1.165, 1.54) is 0 Å². The summed E-state index contributed by atoms with van der Waals surface area (Å²) in [4.78, 5) is 14.2. The van der Waals surface area contributed by atoms with E-state index in [1.54, 1.807) is 7.11 Å². The molecule has 0 unspecified atom stereocenters. The van der Waals surface area contributed by atoms with Crippen molar-refractivity contribution < 1.29 is 9.53 Å². The molecule has 0 aromatic heterocycles. The Hall–Kier alpha value is -1.71. The van der Waals surface area contributed by atoms with Crippen LogP contribution in [0.2, 0.25) is 0 Å². The molecule has 1 rings (SSSR count). The van der Waals surface area contributed by atoms with E-state index in [-0.39, 0.29) is 6.03 Å². The second-order valence-electron chi connectivity index (χ2n) is 5.85. The molecule has 0 heterocycles. The number of rotatable bonds is 6. The number of nitrogens with zero attached hydrogens (tertiary/aromatic N) is 1. The third-order valence-electron chi connectivity index (χ3n) is 2.78. The van der Waals surface area contributed by atoms with Gasteiger partial charge < -0.3 is 15.0 Å². The normalized spacial score (nSPS) is 10.8. The molecule has 2 amide bonds. The summed E-state index contributed by atoms with van der Waals surface area (Å²) in [6, 6.07) is 7.35. The lowest BCUT2D eigenvalue weighted by atomic mass is 10.1. The van der Waals surface area contributed by atoms with Crippen molar-refractivity contribution in [2.45, 2.75) is 27.7 Å². The van der Waals surface area contributed by atoms with Crippen molar-refractivity contribution in [2.24, 2.45) is 11.8 Å². The van der Waals surface area contributed by atoms with Crippen molar-refractivity contribution in [3.8, 4) is 5.75 Å². The number of benzene rings is 1. The number of methoxy groups -OCH3 is 1. The average molecular weight is 278 g/mol. The minimum atomic E-state index is -0.0550. The predicted octanol–water partition coefficient (Wildman–Crippen LogP) is 3.84. The number of urea groups is 1. The second-order valence-corrected chi connectivity index (χ2v) is 5.85. The van der Waals surface area contributed by atoms with E-state index in [2.05, 4.69) is 33.0 Å². The van der Waals surface area contributed by atoms with Crippen molar-refractivity contribution in [2.75, 3.05) is 25.5 Å². The van der Waals surface area contributed by atoms with Crippen LogP contribution in [0.1, 0.15) is 27.7 Å². The van der Waals surface area contributed by atoms with E-state index in [4.69, 9.17) is 4.74 Å². The van der Waals surface area contributed by atoms with Crippen LogP contribution in [0.15, 0.2) is 24.3 Å². The zero-order valence-electron chi connectivity index (χ0n) is 13.1. The van der Waals surface area contributed by atoms with E-state index >= 15 is 0 Å². The Morgan fingerprint density at radius 1 is 1.20 bits per heavy atom. The number of carbonyl (C=O) groups excluding carboxylic acids is 1. The van der Waals surface area contributed by atoms with Crippen molar-refractivity contribution in [1.29, 1.82) is 0 Å². The highest BCUT2D eigenvalue weighted by molar-refractivity contribution is 5.89. The molecule has 0 bridgehead atoms. The van der Waals surface area contributed by atoms with Crippen LogP contribution in [0.3, 0.4) is 0 Å². The molecule has 0 fully saturated rings. The van der Waals surface area contributed by atoms with Crippen LogP contribution < -0.4 is 10.1 Å². The van der Waals surface area contributed by atoms with Gasteiger partial charge in [0.2, 0.25) is 0 Å². The highest BCUT2D eigenvalue weighted by Gasteiger charge is 2.16. The summed E-state index contributed by atoms with van der Waals surface area (Å²) in [5.41, 5.74) is 0.756. The number of nitrogens with one attached hydrogen (secondary N) is 1. The number of hydrogen-bond donors (Lipinski definition) is 1. The first kappa shape index (κ1) is 16.3. The van der Waals surface area contributed by atoms with E-state index < -0.39 is 0 Å². The molecule has 1 aromatic rings. The summed E-state index contributed by atoms with van der Waals surface area (Å²) in [5.74, 6) is 1.64. The fourth-order valence-corrected chi connectivity index (χ4v) is 2.03. The summed E-state index contributed by atoms with van der Waals surface area (Å²) < 4.78 is 5.16. The van der Waals surface area contributed by atoms with Crippen molar-refractivity contribution in [3.05, 3.63) is 24.3 Å². The molecule has 0 radical (unpaired) electrons. The smallest absolute Gasteiger partial charge is 0.321 e. The summed E-state index contributed by atoms with van der Waals surface area (Å²) in [6.07, 6.45) is 0. The lowest BCUT2D eigenvalue weighted by Crippen LogP contribution is -2.39. The van der Waals surface area contributed by atoms with Gasteiger partial charge in [-0.3, -0.25) is 0 Å². The van der Waals surface area contributed by atoms with Gasteiger partial charge in [0.1, 0.15) is 5.75 Å². The number of carbonyl (C=O) groups is 1. The van der Waals surface area contributed by atoms with Crippen LogP contribution >= 0.6 is 0 Å². The van der Waals surface area contributed by atoms with Gasteiger partial charge >= 0.3 is 6.03 Å². The molecule has 0 spiro atoms. The maximum atomic E-state index is 12.4. The van der Waals surface area contributed by atoms with Crippen molar-refractivity contribution in [3.63, 3.8) is 0 Å². The van der Waals surface area contributed by atoms with Crippen molar-refractivity contribution >= 4 is 11.7 Å². The Kier molecular flexibility index (Phi) is 6.36. The molecular formula is C16H26N2O2. The van der Waals surface area contributed by atoms with Crippen molar-refractivity contribution in [1.82, 2.24) is 4.90 Å². The number of hydrogen-bond acceptors (Lipinski definition) is 2. The van der Waals surface area contributed by atoms with Gasteiger partial charge in [-0.2, -0.15) is 0 Å². The van der Waals surface area contributed by atoms with Crippen LogP contribution in [0.5, 0.6) is 5.75 Å². The van der Waals surface area contributed by atoms with Crippen LogP contribution in [-0.4, -0.2) is 31.1 Å². The van der Waals surface area contributed by atoms with Crippen LogP contribution in [0, 0.1) is 11.8 Å². The molecule has 112 valence electrons. The SMILES string of the molecule is COc1cccc(NC(=O)N(CC(C)C)CC(C)C)c1. The first-order valence-corrected chi connectivity index (χ1v) is 7.12. The van der Waals surface area contributed by atoms with E-state index in [0.29, 0.717) is 11.8 Å². The fourth-order valence-electron chi connectivity index (χ4n) is 2.03. The first-order chi connectivity index (χ1) is 9.42. The molecule has 0 aliphatic rings. The summed E-state index contributed by atoms with van der Waals surface area (Å²) in [6.45, 7) is 9.98. The van der Waals surface area contributed by atoms with Gasteiger partial charge in [0, 0.05) is 24.8 Å². The molecule has 0 atom stereocenters. The Bertz CT molecular complexity index is 420. The molecule has 4 nitrogen and oxygen atoms in total. The molecule has 0 saturated heterocycles. The summed E-state index contributed by atoms with van der Waals surface area (Å²) in [7, 11) is 1.62. The average Bonchev–Trinajstić information content (AvgIpc) is 2.37. The Balaban J connectivity index is 2.73. The zero-order valence-corrected chi connectivity index (χ0v) is 13.1. The second kappa shape index (κ2) is 7.78. The third kappa shape index (κ3) is 5.51. The quantitative estimate of drug-likeness (QED) is 0.859. The van der Waals surface area contributed by atoms with Gasteiger partial charge in [0.05, 0.1) is 7.11 Å². The first-order valence-electron chi connectivity index (χ1n) is 7.12. The summed E-state index contributed by atoms with van der Waals surface area (Å²) in [5, 5.41) is 2.93. The Labute approximate surface area is 122 Å². The molecule has 0 aliphatic carbocycles. The maximum Gasteiger partial charge on any atom is 0.321 e. The van der Waals surface area contributed by atoms with E-state index in [1.807, 2.05) is 29.2 Å². The highest BCUT2D eigenvalue weighted by atomic mass is 16.5. The lowest BCUT2D eigenvalue weighted by molar-refractivity contribution is 0.196. The molecule has 0 aliphatic heterocycles. The number of anilines is 1. The van der Waals surface area contributed by atoms with Gasteiger partial charge in [-0.05, 0) is 24.0 Å². The van der Waals surface area contributed by atoms with E-state index in [9.17, 15) is 4.79 Å². The molecule has 0 saturated carbocycles. The fraction of sp³-hybridized carbons (Fsp3) is 0.562. The van der Waals surface area contributed by atoms with Gasteiger partial charge in [0.25, 0.3) is 0 Å². The largest absolute Gasteiger partial charge is 0.497 e. The maximum absolute atomic E-state index is 12.4. The van der Waals surface area contributed by atoms with Gasteiger partial charge in [-0.15, -0.1) is 0 Å². The van der Waals surface area contributed by atoms with Gasteiger partial charge in [0.15, 0.2) is 0 Å². The van der Waals surface area contributed by atoms with Gasteiger partial charge in [-0.25, -0.2) is 4.79 Å². The van der Waals surface area contributed by atoms with E-state index in [0.717, 1.165) is 24.5 Å². The monoisotopic (exact) mass is 278 g/mol. The molecule has 1 N–H and O–H groups in total. The minimum absolute atomic E-state index is 0.0550. The zero-order chi connectivity index (χ0) is 15.1. The van der Waals surface area contributed by atoms with Crippen LogP contribution in [0.25, 0.3) is 0 Å². The molecular weight excluding hydrogens is 252 g/mol. The topological polar surface area (TPSA) is 41.6 Å². The minimum Gasteiger partial charge on any atom is -0.497 e. The number of ether oxygens (including phenoxy) is 1. The predicted molar refractivity (Wildman–Crippen MR) is 83.3 cm³/mol. The van der Waals surface area contributed by atoms with Gasteiger partial charge in [-0.1, -0.05) is 33.8 Å². The Morgan fingerprint density at radius 2 is 1.80 bits per heavy atom. The lowest BCUT2D eigenvalue weighted by Gasteiger charge is -2.26.